The highest BCUT2D eigenvalue weighted by Gasteiger charge is 2.33. The Kier molecular flexibility index (Phi) is 6.96. The van der Waals surface area contributed by atoms with Gasteiger partial charge >= 0.3 is 6.03 Å². The van der Waals surface area contributed by atoms with Crippen molar-refractivity contribution in [2.45, 2.75) is 57.7 Å². The van der Waals surface area contributed by atoms with Crippen molar-refractivity contribution in [1.82, 2.24) is 10.2 Å². The van der Waals surface area contributed by atoms with Crippen molar-refractivity contribution in [3.63, 3.8) is 0 Å². The van der Waals surface area contributed by atoms with Gasteiger partial charge in [-0.2, -0.15) is 0 Å². The summed E-state index contributed by atoms with van der Waals surface area (Å²) in [6.45, 7) is 1.96. The molecular weight excluding hydrogens is 414 g/mol. The zero-order valence-corrected chi connectivity index (χ0v) is 19.7. The third-order valence-corrected chi connectivity index (χ3v) is 6.57. The number of amides is 3. The van der Waals surface area contributed by atoms with Crippen molar-refractivity contribution < 1.29 is 9.59 Å². The first kappa shape index (κ1) is 22.8. The molecule has 3 amide bonds. The second kappa shape index (κ2) is 10.1. The van der Waals surface area contributed by atoms with Gasteiger partial charge in [-0.3, -0.25) is 4.79 Å². The van der Waals surface area contributed by atoms with Gasteiger partial charge in [-0.05, 0) is 49.6 Å². The number of benzodiazepines with no additional fused rings is 1. The molecule has 7 heteroatoms. The molecule has 2 aromatic rings. The monoisotopic (exact) mass is 447 g/mol. The van der Waals surface area contributed by atoms with E-state index in [4.69, 9.17) is 4.99 Å². The zero-order chi connectivity index (χ0) is 23.4. The van der Waals surface area contributed by atoms with Gasteiger partial charge in [-0.25, -0.2) is 9.79 Å². The first-order chi connectivity index (χ1) is 15.9. The van der Waals surface area contributed by atoms with E-state index in [2.05, 4.69) is 22.6 Å². The lowest BCUT2D eigenvalue weighted by atomic mass is 10.0. The van der Waals surface area contributed by atoms with Crippen LogP contribution in [0.4, 0.5) is 16.2 Å². The van der Waals surface area contributed by atoms with Gasteiger partial charge in [0.1, 0.15) is 5.84 Å². The van der Waals surface area contributed by atoms with E-state index in [0.29, 0.717) is 11.7 Å². The number of fused-ring (bicyclic) bond motifs is 1. The predicted octanol–water partition coefficient (Wildman–Crippen LogP) is 4.52. The van der Waals surface area contributed by atoms with Crippen LogP contribution in [0.1, 0.15) is 49.7 Å². The van der Waals surface area contributed by atoms with E-state index < -0.39 is 12.2 Å². The molecule has 1 fully saturated rings. The van der Waals surface area contributed by atoms with Crippen LogP contribution in [0, 0.1) is 6.92 Å². The van der Waals surface area contributed by atoms with Crippen LogP contribution >= 0.6 is 0 Å². The maximum Gasteiger partial charge on any atom is 0.321 e. The molecule has 2 aliphatic rings. The van der Waals surface area contributed by atoms with Crippen LogP contribution in [0.25, 0.3) is 0 Å². The van der Waals surface area contributed by atoms with Gasteiger partial charge in [0.25, 0.3) is 5.91 Å². The van der Waals surface area contributed by atoms with E-state index in [0.717, 1.165) is 35.5 Å². The third-order valence-electron chi connectivity index (χ3n) is 6.57. The standard InChI is InChI=1S/C26H33N5O2/c1-18-11-10-12-19(17-18)27-26(33)29-23-25(32)31(3)22-16-9-8-15-21(22)24(28-23)30(2)20-13-6-4-5-7-14-20/h8-12,15-17,20,23H,4-7,13-14H2,1-3H3,(H2,27,29,33)/t23-/m0/s1. The Bertz CT molecular complexity index is 1040. The number of carbonyl (C=O) groups is 2. The van der Waals surface area contributed by atoms with Crippen molar-refractivity contribution in [2.75, 3.05) is 24.3 Å². The minimum Gasteiger partial charge on any atom is -0.356 e. The Balaban J connectivity index is 1.64. The number of nitrogens with zero attached hydrogens (tertiary/aromatic N) is 3. The van der Waals surface area contributed by atoms with Gasteiger partial charge in [0, 0.05) is 31.4 Å². The number of rotatable bonds is 3. The van der Waals surface area contributed by atoms with Crippen LogP contribution < -0.4 is 15.5 Å². The van der Waals surface area contributed by atoms with E-state index in [9.17, 15) is 9.59 Å². The number of aryl methyl sites for hydroxylation is 1. The highest BCUT2D eigenvalue weighted by molar-refractivity contribution is 6.12. The molecule has 4 rings (SSSR count). The molecule has 0 aromatic heterocycles. The molecule has 1 heterocycles. The van der Waals surface area contributed by atoms with Crippen LogP contribution in [-0.4, -0.2) is 49.0 Å². The summed E-state index contributed by atoms with van der Waals surface area (Å²) in [5.41, 5.74) is 3.41. The van der Waals surface area contributed by atoms with Gasteiger partial charge < -0.3 is 20.4 Å². The van der Waals surface area contributed by atoms with Gasteiger partial charge in [-0.15, -0.1) is 0 Å². The summed E-state index contributed by atoms with van der Waals surface area (Å²) in [5, 5.41) is 5.61. The summed E-state index contributed by atoms with van der Waals surface area (Å²) in [5.74, 6) is 0.474. The van der Waals surface area contributed by atoms with E-state index in [1.807, 2.05) is 55.5 Å². The number of carbonyl (C=O) groups excluding carboxylic acids is 2. The molecule has 2 aromatic carbocycles. The molecule has 0 radical (unpaired) electrons. The Morgan fingerprint density at radius 1 is 1.06 bits per heavy atom. The van der Waals surface area contributed by atoms with Crippen LogP contribution in [0.5, 0.6) is 0 Å². The van der Waals surface area contributed by atoms with Gasteiger partial charge in [0.2, 0.25) is 6.17 Å². The number of amidine groups is 1. The normalized spacial score (nSPS) is 19.1. The Morgan fingerprint density at radius 2 is 1.79 bits per heavy atom. The number of anilines is 2. The van der Waals surface area contributed by atoms with Gasteiger partial charge in [-0.1, -0.05) is 49.9 Å². The van der Waals surface area contributed by atoms with Crippen LogP contribution in [0.2, 0.25) is 0 Å². The molecule has 1 saturated carbocycles. The molecule has 7 nitrogen and oxygen atoms in total. The summed E-state index contributed by atoms with van der Waals surface area (Å²) in [6.07, 6.45) is 6.11. The number of nitrogens with one attached hydrogen (secondary N) is 2. The number of benzene rings is 2. The first-order valence-corrected chi connectivity index (χ1v) is 11.8. The van der Waals surface area contributed by atoms with E-state index in [1.54, 1.807) is 11.9 Å². The average molecular weight is 448 g/mol. The molecule has 0 unspecified atom stereocenters. The van der Waals surface area contributed by atoms with E-state index in [-0.39, 0.29) is 5.91 Å². The Hall–Kier alpha value is -3.35. The minimum absolute atomic E-state index is 0.272. The number of likely N-dealkylation sites (N-methyl/N-ethyl adjacent to an activating group) is 1. The van der Waals surface area contributed by atoms with Crippen molar-refractivity contribution in [2.24, 2.45) is 4.99 Å². The summed E-state index contributed by atoms with van der Waals surface area (Å²) in [6, 6.07) is 15.3. The lowest BCUT2D eigenvalue weighted by Crippen LogP contribution is -2.48. The van der Waals surface area contributed by atoms with Gasteiger partial charge in [0.05, 0.1) is 5.69 Å². The van der Waals surface area contributed by atoms with E-state index in [1.165, 1.54) is 25.7 Å². The lowest BCUT2D eigenvalue weighted by molar-refractivity contribution is -0.119. The summed E-state index contributed by atoms with van der Waals surface area (Å²) in [4.78, 5) is 34.7. The summed E-state index contributed by atoms with van der Waals surface area (Å²) >= 11 is 0. The maximum absolute atomic E-state index is 13.3. The summed E-state index contributed by atoms with van der Waals surface area (Å²) in [7, 11) is 3.80. The van der Waals surface area contributed by atoms with Gasteiger partial charge in [0.15, 0.2) is 0 Å². The summed E-state index contributed by atoms with van der Waals surface area (Å²) < 4.78 is 0. The Labute approximate surface area is 195 Å². The fourth-order valence-electron chi connectivity index (χ4n) is 4.71. The molecule has 0 saturated heterocycles. The fourth-order valence-corrected chi connectivity index (χ4v) is 4.71. The number of para-hydroxylation sites is 1. The molecule has 0 spiro atoms. The topological polar surface area (TPSA) is 77.0 Å². The number of urea groups is 1. The SMILES string of the molecule is Cc1cccc(NC(=O)N[C@@H]2N=C(N(C)C3CCCCCC3)c3ccccc3N(C)C2=O)c1. The Morgan fingerprint density at radius 3 is 2.52 bits per heavy atom. The fraction of sp³-hybridized carbons (Fsp3) is 0.423. The number of aliphatic imine (C=N–C) groups is 1. The second-order valence-corrected chi connectivity index (χ2v) is 8.99. The molecule has 174 valence electrons. The predicted molar refractivity (Wildman–Crippen MR) is 133 cm³/mol. The third kappa shape index (κ3) is 5.18. The smallest absolute Gasteiger partial charge is 0.321 e. The zero-order valence-electron chi connectivity index (χ0n) is 19.7. The lowest BCUT2D eigenvalue weighted by Gasteiger charge is -2.31. The largest absolute Gasteiger partial charge is 0.356 e. The van der Waals surface area contributed by atoms with Crippen molar-refractivity contribution >= 4 is 29.1 Å². The second-order valence-electron chi connectivity index (χ2n) is 8.99. The van der Waals surface area contributed by atoms with Crippen LogP contribution in [0.3, 0.4) is 0 Å². The average Bonchev–Trinajstić information content (AvgIpc) is 3.14. The highest BCUT2D eigenvalue weighted by atomic mass is 16.2. The molecule has 1 aliphatic carbocycles. The van der Waals surface area contributed by atoms with Crippen molar-refractivity contribution in [3.05, 3.63) is 59.7 Å². The van der Waals surface area contributed by atoms with Crippen molar-refractivity contribution in [3.8, 4) is 0 Å². The highest BCUT2D eigenvalue weighted by Crippen LogP contribution is 2.29. The molecular formula is C26H33N5O2. The van der Waals surface area contributed by atoms with Crippen molar-refractivity contribution in [1.29, 1.82) is 0 Å². The number of hydrogen-bond donors (Lipinski definition) is 2. The quantitative estimate of drug-likeness (QED) is 0.679. The number of hydrogen-bond acceptors (Lipinski definition) is 4. The maximum atomic E-state index is 13.3. The molecule has 1 atom stereocenters. The molecule has 0 bridgehead atoms. The molecule has 33 heavy (non-hydrogen) atoms. The minimum atomic E-state index is -1.02. The van der Waals surface area contributed by atoms with Crippen LogP contribution in [-0.2, 0) is 4.79 Å². The molecule has 2 N–H and O–H groups in total. The first-order valence-electron chi connectivity index (χ1n) is 11.8. The van der Waals surface area contributed by atoms with E-state index >= 15 is 0 Å². The molecule has 1 aliphatic heterocycles. The van der Waals surface area contributed by atoms with Crippen LogP contribution in [0.15, 0.2) is 53.5 Å².